The minimum Gasteiger partial charge on any atom is -0.479 e. The number of halogens is 3. The average molecular weight is 707 g/mol. The molecule has 1 aromatic rings. The average Bonchev–Trinajstić information content (AvgIpc) is 3.35. The lowest BCUT2D eigenvalue weighted by molar-refractivity contribution is -0.146. The predicted octanol–water partition coefficient (Wildman–Crippen LogP) is 4.91. The highest BCUT2D eigenvalue weighted by Gasteiger charge is 2.62. The highest BCUT2D eigenvalue weighted by atomic mass is 19.4. The summed E-state index contributed by atoms with van der Waals surface area (Å²) in [6, 6.07) is 1.66. The third-order valence-electron chi connectivity index (χ3n) is 11.0. The minimum absolute atomic E-state index is 0.00629. The number of carbonyl (C=O) groups excluding carboxylic acids is 4. The lowest BCUT2D eigenvalue weighted by Crippen LogP contribution is -2.56. The zero-order chi connectivity index (χ0) is 35.6. The molecule has 2 saturated carbocycles. The van der Waals surface area contributed by atoms with Crippen molar-refractivity contribution in [3.8, 4) is 0 Å². The molecule has 50 heavy (non-hydrogen) atoms. The van der Waals surface area contributed by atoms with Crippen molar-refractivity contribution in [2.75, 3.05) is 13.1 Å². The predicted molar refractivity (Wildman–Crippen MR) is 171 cm³/mol. The van der Waals surface area contributed by atoms with Gasteiger partial charge in [-0.1, -0.05) is 44.2 Å². The number of nitrogens with zero attached hydrogens (tertiary/aromatic N) is 2. The van der Waals surface area contributed by atoms with Crippen molar-refractivity contribution >= 4 is 30.0 Å². The van der Waals surface area contributed by atoms with Gasteiger partial charge in [-0.2, -0.15) is 13.2 Å². The third kappa shape index (κ3) is 7.80. The van der Waals surface area contributed by atoms with E-state index in [-0.39, 0.29) is 62.9 Å². The monoisotopic (exact) mass is 706 g/mol. The molecule has 5 atom stereocenters. The second-order valence-electron chi connectivity index (χ2n) is 14.4. The van der Waals surface area contributed by atoms with Crippen molar-refractivity contribution in [3.63, 3.8) is 0 Å². The number of aliphatic carboxylic acids is 1. The summed E-state index contributed by atoms with van der Waals surface area (Å²) in [6.07, 6.45) is 1.03. The van der Waals surface area contributed by atoms with E-state index >= 15 is 0 Å². The maximum atomic E-state index is 14.2. The van der Waals surface area contributed by atoms with E-state index in [1.165, 1.54) is 15.9 Å². The largest absolute Gasteiger partial charge is 0.479 e. The summed E-state index contributed by atoms with van der Waals surface area (Å²) in [6.45, 7) is -0.426. The molecule has 4 amide bonds. The summed E-state index contributed by atoms with van der Waals surface area (Å²) in [4.78, 5) is 69.1. The number of carboxylic acid groups (broad SMARTS) is 1. The van der Waals surface area contributed by atoms with Gasteiger partial charge >= 0.3 is 24.3 Å². The van der Waals surface area contributed by atoms with Gasteiger partial charge in [0.2, 0.25) is 11.8 Å². The van der Waals surface area contributed by atoms with Gasteiger partial charge in [-0.3, -0.25) is 9.59 Å². The Morgan fingerprint density at radius 2 is 1.64 bits per heavy atom. The minimum atomic E-state index is -4.61. The second kappa shape index (κ2) is 14.7. The Hall–Kier alpha value is -4.04. The number of carbonyl (C=O) groups is 5. The molecule has 2 saturated heterocycles. The Labute approximate surface area is 288 Å². The first-order valence-corrected chi connectivity index (χ1v) is 17.8. The number of hydrogen-bond acceptors (Lipinski definition) is 7. The highest BCUT2D eigenvalue weighted by Crippen LogP contribution is 2.47. The van der Waals surface area contributed by atoms with Crippen LogP contribution in [-0.2, 0) is 43.0 Å². The highest BCUT2D eigenvalue weighted by molar-refractivity contribution is 5.96. The molecule has 6 rings (SSSR count). The van der Waals surface area contributed by atoms with Gasteiger partial charge in [0.15, 0.2) is 0 Å². The molecule has 0 spiro atoms. The van der Waals surface area contributed by atoms with E-state index in [1.807, 2.05) is 0 Å². The molecule has 0 unspecified atom stereocenters. The van der Waals surface area contributed by atoms with Crippen LogP contribution in [0.2, 0.25) is 0 Å². The lowest BCUT2D eigenvalue weighted by Gasteiger charge is -2.31. The van der Waals surface area contributed by atoms with E-state index in [0.717, 1.165) is 57.4 Å². The summed E-state index contributed by atoms with van der Waals surface area (Å²) >= 11 is 0. The molecule has 3 N–H and O–H groups in total. The van der Waals surface area contributed by atoms with Gasteiger partial charge in [-0.15, -0.1) is 0 Å². The van der Waals surface area contributed by atoms with E-state index in [4.69, 9.17) is 9.47 Å². The number of benzene rings is 1. The molecule has 1 aromatic carbocycles. The molecule has 274 valence electrons. The molecular formula is C35H45F3N4O8. The Bertz CT molecular complexity index is 1480. The summed E-state index contributed by atoms with van der Waals surface area (Å²) in [5.41, 5.74) is -1.79. The molecule has 4 fully saturated rings. The molecule has 3 aliphatic heterocycles. The van der Waals surface area contributed by atoms with Crippen LogP contribution in [0.25, 0.3) is 0 Å². The maximum Gasteiger partial charge on any atom is 0.416 e. The van der Waals surface area contributed by atoms with Gasteiger partial charge in [0, 0.05) is 19.5 Å². The van der Waals surface area contributed by atoms with Gasteiger partial charge < -0.3 is 35.0 Å². The summed E-state index contributed by atoms with van der Waals surface area (Å²) in [5.74, 6) is -2.69. The van der Waals surface area contributed by atoms with Gasteiger partial charge in [-0.05, 0) is 74.5 Å². The van der Waals surface area contributed by atoms with Gasteiger partial charge in [0.05, 0.1) is 12.1 Å². The number of fused-ring (bicyclic) bond motifs is 3. The molecular weight excluding hydrogens is 661 g/mol. The van der Waals surface area contributed by atoms with Gasteiger partial charge in [-0.25, -0.2) is 14.4 Å². The Morgan fingerprint density at radius 3 is 2.36 bits per heavy atom. The number of alkyl halides is 3. The first-order valence-electron chi connectivity index (χ1n) is 17.8. The SMILES string of the molecule is O=C(N[C@H]1CCCCCCC[C@@H]2C[C@@]2(C(=O)O)NC(=O)[C@@H]2C[C@@H](OC(=O)N3CCc4cccc(C(F)(F)F)c4C3)CN2C1=O)OC1CCCC1. The fourth-order valence-corrected chi connectivity index (χ4v) is 8.11. The molecule has 2 aliphatic carbocycles. The fraction of sp³-hybridized carbons (Fsp3) is 0.686. The van der Waals surface area contributed by atoms with E-state index in [1.54, 1.807) is 6.07 Å². The molecule has 0 aromatic heterocycles. The number of hydrogen-bond donors (Lipinski definition) is 3. The number of carboxylic acids is 1. The topological polar surface area (TPSA) is 155 Å². The van der Waals surface area contributed by atoms with E-state index in [0.29, 0.717) is 18.4 Å². The lowest BCUT2D eigenvalue weighted by atomic mass is 9.95. The van der Waals surface area contributed by atoms with Crippen LogP contribution < -0.4 is 10.6 Å². The smallest absolute Gasteiger partial charge is 0.416 e. The van der Waals surface area contributed by atoms with E-state index < -0.39 is 65.4 Å². The molecule has 0 bridgehead atoms. The van der Waals surface area contributed by atoms with Crippen LogP contribution in [0, 0.1) is 5.92 Å². The van der Waals surface area contributed by atoms with Crippen molar-refractivity contribution in [1.29, 1.82) is 0 Å². The summed E-state index contributed by atoms with van der Waals surface area (Å²) < 4.78 is 52.6. The molecule has 12 nitrogen and oxygen atoms in total. The maximum absolute atomic E-state index is 14.2. The van der Waals surface area contributed by atoms with Crippen molar-refractivity contribution in [2.45, 2.75) is 132 Å². The quantitative estimate of drug-likeness (QED) is 0.399. The summed E-state index contributed by atoms with van der Waals surface area (Å²) in [5, 5.41) is 15.5. The van der Waals surface area contributed by atoms with Crippen LogP contribution in [0.1, 0.15) is 100 Å². The zero-order valence-electron chi connectivity index (χ0n) is 28.0. The fourth-order valence-electron chi connectivity index (χ4n) is 8.11. The number of nitrogens with one attached hydrogen (secondary N) is 2. The van der Waals surface area contributed by atoms with Gasteiger partial charge in [0.1, 0.15) is 29.8 Å². The van der Waals surface area contributed by atoms with Crippen LogP contribution in [0.4, 0.5) is 22.8 Å². The van der Waals surface area contributed by atoms with Crippen LogP contribution in [0.3, 0.4) is 0 Å². The number of ether oxygens (including phenoxy) is 2. The van der Waals surface area contributed by atoms with Crippen molar-refractivity contribution in [2.24, 2.45) is 5.92 Å². The number of rotatable bonds is 4. The molecule has 3 heterocycles. The molecule has 15 heteroatoms. The zero-order valence-corrected chi connectivity index (χ0v) is 28.0. The standard InChI is InChI=1S/C35H45F3N4O8/c36-35(37,38)26-13-8-9-21-15-16-41(20-25(21)26)33(48)50-24-17-28-29(43)40-34(31(45)46)18-22(34)10-4-2-1-3-5-14-27(30(44)42(28)19-24)39-32(47)49-23-11-6-7-12-23/h8-9,13,22-24,27-28H,1-7,10-12,14-20H2,(H,39,47)(H,40,43)(H,45,46)/t22-,24-,27+,28+,34-/m1/s1. The van der Waals surface area contributed by atoms with Crippen molar-refractivity contribution < 1.29 is 51.7 Å². The van der Waals surface area contributed by atoms with E-state index in [9.17, 15) is 42.3 Å². The van der Waals surface area contributed by atoms with Crippen LogP contribution >= 0.6 is 0 Å². The Balaban J connectivity index is 1.21. The van der Waals surface area contributed by atoms with Crippen LogP contribution in [0.5, 0.6) is 0 Å². The second-order valence-corrected chi connectivity index (χ2v) is 14.4. The summed E-state index contributed by atoms with van der Waals surface area (Å²) in [7, 11) is 0. The normalized spacial score (nSPS) is 29.4. The molecule has 0 radical (unpaired) electrons. The van der Waals surface area contributed by atoms with Crippen LogP contribution in [0.15, 0.2) is 18.2 Å². The first kappa shape index (κ1) is 35.8. The third-order valence-corrected chi connectivity index (χ3v) is 11.0. The van der Waals surface area contributed by atoms with E-state index in [2.05, 4.69) is 10.6 Å². The van der Waals surface area contributed by atoms with Crippen molar-refractivity contribution in [3.05, 3.63) is 34.9 Å². The van der Waals surface area contributed by atoms with Crippen molar-refractivity contribution in [1.82, 2.24) is 20.4 Å². The van der Waals surface area contributed by atoms with Gasteiger partial charge in [0.25, 0.3) is 0 Å². The molecule has 5 aliphatic rings. The Kier molecular flexibility index (Phi) is 10.5. The van der Waals surface area contributed by atoms with Crippen LogP contribution in [-0.4, -0.2) is 87.8 Å². The Morgan fingerprint density at radius 1 is 0.940 bits per heavy atom. The number of alkyl carbamates (subject to hydrolysis) is 1. The first-order chi connectivity index (χ1) is 23.9. The number of amides is 4.